The first-order valence-electron chi connectivity index (χ1n) is 5.28. The fraction of sp³-hybridized carbons (Fsp3) is 0.333. The van der Waals surface area contributed by atoms with Crippen molar-refractivity contribution in [3.63, 3.8) is 0 Å². The third kappa shape index (κ3) is 2.55. The predicted molar refractivity (Wildman–Crippen MR) is 71.7 cm³/mol. The summed E-state index contributed by atoms with van der Waals surface area (Å²) in [7, 11) is -3.12. The van der Waals surface area contributed by atoms with Crippen LogP contribution in [0.4, 0.5) is 0 Å². The van der Waals surface area contributed by atoms with Crippen LogP contribution in [0.5, 0.6) is 0 Å². The molecule has 0 saturated heterocycles. The molecule has 0 saturated carbocycles. The van der Waals surface area contributed by atoms with Gasteiger partial charge in [-0.25, -0.2) is 8.42 Å². The van der Waals surface area contributed by atoms with Crippen LogP contribution in [0.15, 0.2) is 33.2 Å². The molecule has 3 nitrogen and oxygen atoms in total. The monoisotopic (exact) mass is 316 g/mol. The molecule has 0 spiro atoms. The van der Waals surface area contributed by atoms with Crippen LogP contribution in [0.3, 0.4) is 0 Å². The molecule has 2 rings (SSSR count). The number of hydrogen-bond donors (Lipinski definition) is 0. The second-order valence-electron chi connectivity index (χ2n) is 4.22. The second-order valence-corrected chi connectivity index (χ2v) is 7.63. The van der Waals surface area contributed by atoms with Crippen molar-refractivity contribution in [1.29, 1.82) is 0 Å². The lowest BCUT2D eigenvalue weighted by Gasteiger charge is -2.04. The highest BCUT2D eigenvalue weighted by Crippen LogP contribution is 2.28. The van der Waals surface area contributed by atoms with Crippen LogP contribution in [-0.2, 0) is 15.6 Å². The molecule has 0 fully saturated rings. The zero-order valence-electron chi connectivity index (χ0n) is 9.60. The van der Waals surface area contributed by atoms with Crippen LogP contribution in [0.2, 0.25) is 0 Å². The highest BCUT2D eigenvalue weighted by Gasteiger charge is 2.19. The van der Waals surface area contributed by atoms with Gasteiger partial charge in [-0.2, -0.15) is 0 Å². The van der Waals surface area contributed by atoms with Gasteiger partial charge in [0.25, 0.3) is 0 Å². The average Bonchev–Trinajstić information content (AvgIpc) is 2.60. The van der Waals surface area contributed by atoms with E-state index in [4.69, 9.17) is 4.42 Å². The Morgan fingerprint density at radius 3 is 2.65 bits per heavy atom. The Kier molecular flexibility index (Phi) is 3.32. The topological polar surface area (TPSA) is 47.3 Å². The first-order chi connectivity index (χ1) is 7.90. The van der Waals surface area contributed by atoms with Gasteiger partial charge in [-0.1, -0.05) is 22.0 Å². The predicted octanol–water partition coefficient (Wildman–Crippen LogP) is 3.52. The van der Waals surface area contributed by atoms with Crippen molar-refractivity contribution in [1.82, 2.24) is 0 Å². The summed E-state index contributed by atoms with van der Waals surface area (Å²) in [6, 6.07) is 7.36. The summed E-state index contributed by atoms with van der Waals surface area (Å²) in [6.07, 6.45) is 0. The van der Waals surface area contributed by atoms with Gasteiger partial charge in [0.1, 0.15) is 17.1 Å². The normalized spacial score (nSPS) is 12.5. The van der Waals surface area contributed by atoms with Gasteiger partial charge in [-0.05, 0) is 32.0 Å². The molecule has 0 aliphatic rings. The van der Waals surface area contributed by atoms with Crippen LogP contribution >= 0.6 is 15.9 Å². The Morgan fingerprint density at radius 1 is 1.35 bits per heavy atom. The number of furan rings is 1. The van der Waals surface area contributed by atoms with E-state index in [1.165, 1.54) is 0 Å². The van der Waals surface area contributed by atoms with Crippen molar-refractivity contribution >= 4 is 36.7 Å². The maximum absolute atomic E-state index is 11.8. The molecular weight excluding hydrogens is 304 g/mol. The molecule has 1 aromatic carbocycles. The number of hydrogen-bond acceptors (Lipinski definition) is 3. The van der Waals surface area contributed by atoms with Gasteiger partial charge in [0, 0.05) is 9.86 Å². The van der Waals surface area contributed by atoms with E-state index in [0.29, 0.717) is 11.3 Å². The summed E-state index contributed by atoms with van der Waals surface area (Å²) in [6.45, 7) is 3.35. The van der Waals surface area contributed by atoms with Crippen molar-refractivity contribution < 1.29 is 12.8 Å². The minimum absolute atomic E-state index is 0.0498. The minimum atomic E-state index is -3.12. The van der Waals surface area contributed by atoms with Crippen molar-refractivity contribution in [2.24, 2.45) is 0 Å². The molecule has 0 radical (unpaired) electrons. The molecule has 0 N–H and O–H groups in total. The Morgan fingerprint density at radius 2 is 2.06 bits per heavy atom. The molecule has 0 aliphatic carbocycles. The lowest BCUT2D eigenvalue weighted by molar-refractivity contribution is 0.550. The Hall–Kier alpha value is -0.810. The quantitative estimate of drug-likeness (QED) is 0.870. The molecule has 0 bridgehead atoms. The molecule has 1 aromatic heterocycles. The third-order valence-electron chi connectivity index (χ3n) is 2.62. The van der Waals surface area contributed by atoms with Crippen LogP contribution in [0, 0.1) is 0 Å². The van der Waals surface area contributed by atoms with Gasteiger partial charge >= 0.3 is 0 Å². The van der Waals surface area contributed by atoms with Gasteiger partial charge in [-0.3, -0.25) is 0 Å². The summed E-state index contributed by atoms with van der Waals surface area (Å²) in [5.41, 5.74) is 0.702. The van der Waals surface area contributed by atoms with E-state index < -0.39 is 9.84 Å². The molecule has 0 amide bonds. The smallest absolute Gasteiger partial charge is 0.159 e. The van der Waals surface area contributed by atoms with E-state index in [1.807, 2.05) is 18.2 Å². The van der Waals surface area contributed by atoms with Crippen molar-refractivity contribution in [3.05, 3.63) is 34.5 Å². The number of fused-ring (bicyclic) bond motifs is 1. The van der Waals surface area contributed by atoms with Crippen LogP contribution in [0.1, 0.15) is 19.6 Å². The first kappa shape index (κ1) is 12.6. The van der Waals surface area contributed by atoms with Gasteiger partial charge in [0.05, 0.1) is 5.25 Å². The summed E-state index contributed by atoms with van der Waals surface area (Å²) in [5, 5.41) is 0.514. The summed E-state index contributed by atoms with van der Waals surface area (Å²) < 4.78 is 30.0. The number of rotatable bonds is 3. The number of benzene rings is 1. The van der Waals surface area contributed by atoms with Gasteiger partial charge in [-0.15, -0.1) is 0 Å². The van der Waals surface area contributed by atoms with E-state index in [0.717, 1.165) is 9.86 Å². The number of sulfone groups is 1. The first-order valence-corrected chi connectivity index (χ1v) is 7.79. The summed E-state index contributed by atoms with van der Waals surface area (Å²) >= 11 is 3.41. The second kappa shape index (κ2) is 4.46. The molecule has 0 aliphatic heterocycles. The fourth-order valence-corrected chi connectivity index (χ4v) is 2.85. The van der Waals surface area contributed by atoms with E-state index in [-0.39, 0.29) is 11.0 Å². The van der Waals surface area contributed by atoms with Gasteiger partial charge in [0.2, 0.25) is 0 Å². The fourth-order valence-electron chi connectivity index (χ4n) is 1.51. The lowest BCUT2D eigenvalue weighted by atomic mass is 10.2. The SMILES string of the molecule is CC(C)S(=O)(=O)Cc1cc2c(Br)cccc2o1. The molecule has 0 unspecified atom stereocenters. The van der Waals surface area contributed by atoms with E-state index >= 15 is 0 Å². The van der Waals surface area contributed by atoms with Crippen LogP contribution < -0.4 is 0 Å². The standard InChI is InChI=1S/C12H13BrO3S/c1-8(2)17(14,15)7-9-6-10-11(13)4-3-5-12(10)16-9/h3-6,8H,7H2,1-2H3. The summed E-state index contributed by atoms with van der Waals surface area (Å²) in [5.74, 6) is 0.437. The third-order valence-corrected chi connectivity index (χ3v) is 5.44. The lowest BCUT2D eigenvalue weighted by Crippen LogP contribution is -2.15. The van der Waals surface area contributed by atoms with E-state index in [2.05, 4.69) is 15.9 Å². The Labute approximate surface area is 109 Å². The van der Waals surface area contributed by atoms with Crippen molar-refractivity contribution in [2.45, 2.75) is 24.9 Å². The maximum Gasteiger partial charge on any atom is 0.159 e. The van der Waals surface area contributed by atoms with E-state index in [9.17, 15) is 8.42 Å². The molecule has 92 valence electrons. The van der Waals surface area contributed by atoms with Crippen LogP contribution in [-0.4, -0.2) is 13.7 Å². The zero-order chi connectivity index (χ0) is 12.6. The van der Waals surface area contributed by atoms with Crippen molar-refractivity contribution in [2.75, 3.05) is 0 Å². The average molecular weight is 317 g/mol. The molecule has 0 atom stereocenters. The largest absolute Gasteiger partial charge is 0.460 e. The number of halogens is 1. The van der Waals surface area contributed by atoms with Crippen LogP contribution in [0.25, 0.3) is 11.0 Å². The highest BCUT2D eigenvalue weighted by molar-refractivity contribution is 9.10. The maximum atomic E-state index is 11.8. The zero-order valence-corrected chi connectivity index (χ0v) is 12.0. The highest BCUT2D eigenvalue weighted by atomic mass is 79.9. The Balaban J connectivity index is 2.42. The van der Waals surface area contributed by atoms with E-state index in [1.54, 1.807) is 19.9 Å². The molecule has 5 heteroatoms. The van der Waals surface area contributed by atoms with Crippen molar-refractivity contribution in [3.8, 4) is 0 Å². The molecule has 1 heterocycles. The van der Waals surface area contributed by atoms with Gasteiger partial charge < -0.3 is 4.42 Å². The molecular formula is C12H13BrO3S. The minimum Gasteiger partial charge on any atom is -0.460 e. The van der Waals surface area contributed by atoms with Gasteiger partial charge in [0.15, 0.2) is 9.84 Å². The Bertz CT molecular complexity index is 641. The summed E-state index contributed by atoms with van der Waals surface area (Å²) in [4.78, 5) is 0. The molecule has 17 heavy (non-hydrogen) atoms. The molecule has 2 aromatic rings.